The summed E-state index contributed by atoms with van der Waals surface area (Å²) in [6, 6.07) is 9.16. The molecule has 0 bridgehead atoms. The second kappa shape index (κ2) is 11.0. The monoisotopic (exact) mass is 529 g/mol. The Morgan fingerprint density at radius 1 is 1.03 bits per heavy atom. The Morgan fingerprint density at radius 3 is 2.59 bits per heavy atom. The minimum absolute atomic E-state index is 0.123. The summed E-state index contributed by atoms with van der Waals surface area (Å²) in [6.45, 7) is 3.92. The van der Waals surface area contributed by atoms with Gasteiger partial charge in [-0.2, -0.15) is 0 Å². The van der Waals surface area contributed by atoms with Crippen LogP contribution >= 0.6 is 0 Å². The number of hydrogen-bond acceptors (Lipinski definition) is 6. The van der Waals surface area contributed by atoms with Gasteiger partial charge in [-0.3, -0.25) is 24.3 Å². The third kappa shape index (κ3) is 5.93. The molecule has 39 heavy (non-hydrogen) atoms. The van der Waals surface area contributed by atoms with Gasteiger partial charge in [-0.05, 0) is 74.8 Å². The number of nitrogens with one attached hydrogen (secondary N) is 3. The zero-order valence-electron chi connectivity index (χ0n) is 21.4. The zero-order valence-corrected chi connectivity index (χ0v) is 21.4. The first-order valence-electron chi connectivity index (χ1n) is 12.7. The normalized spacial score (nSPS) is 13.8. The first-order chi connectivity index (χ1) is 18.8. The molecule has 5 N–H and O–H groups in total. The maximum absolute atomic E-state index is 13.9. The highest BCUT2D eigenvalue weighted by Gasteiger charge is 2.16. The van der Waals surface area contributed by atoms with Crippen LogP contribution in [0.4, 0.5) is 15.8 Å². The van der Waals surface area contributed by atoms with Gasteiger partial charge in [0, 0.05) is 17.3 Å². The van der Waals surface area contributed by atoms with E-state index >= 15 is 0 Å². The van der Waals surface area contributed by atoms with Crippen molar-refractivity contribution in [3.8, 4) is 11.3 Å². The fraction of sp³-hybridized carbons (Fsp3) is 0.250. The van der Waals surface area contributed by atoms with Crippen LogP contribution in [0, 0.1) is 12.7 Å². The van der Waals surface area contributed by atoms with Gasteiger partial charge in [-0.25, -0.2) is 9.37 Å². The molecule has 4 heterocycles. The van der Waals surface area contributed by atoms with Crippen molar-refractivity contribution in [1.82, 2.24) is 19.9 Å². The molecule has 10 nitrogen and oxygen atoms in total. The number of rotatable bonds is 7. The predicted molar refractivity (Wildman–Crippen MR) is 146 cm³/mol. The van der Waals surface area contributed by atoms with Gasteiger partial charge >= 0.3 is 0 Å². The number of carbonyl (C=O) groups excluding carboxylic acids is 3. The van der Waals surface area contributed by atoms with Crippen LogP contribution in [-0.2, 0) is 4.79 Å². The fourth-order valence-corrected chi connectivity index (χ4v) is 4.62. The molecule has 0 radical (unpaired) electrons. The molecule has 1 aliphatic rings. The van der Waals surface area contributed by atoms with Crippen molar-refractivity contribution >= 4 is 40.1 Å². The molecule has 0 spiro atoms. The van der Waals surface area contributed by atoms with Crippen LogP contribution in [-0.4, -0.2) is 57.2 Å². The molecule has 3 aromatic heterocycles. The van der Waals surface area contributed by atoms with E-state index in [1.165, 1.54) is 30.8 Å². The van der Waals surface area contributed by atoms with Gasteiger partial charge in [0.25, 0.3) is 11.8 Å². The maximum atomic E-state index is 13.9. The maximum Gasteiger partial charge on any atom is 0.257 e. The summed E-state index contributed by atoms with van der Waals surface area (Å²) in [5.74, 6) is -2.08. The van der Waals surface area contributed by atoms with Gasteiger partial charge < -0.3 is 21.4 Å². The molecule has 200 valence electrons. The van der Waals surface area contributed by atoms with E-state index in [1.807, 2.05) is 0 Å². The predicted octanol–water partition coefficient (Wildman–Crippen LogP) is 3.85. The molecule has 3 amide bonds. The number of nitrogens with two attached hydrogens (primary N) is 1. The van der Waals surface area contributed by atoms with Crippen molar-refractivity contribution in [3.63, 3.8) is 0 Å². The van der Waals surface area contributed by atoms with E-state index in [1.54, 1.807) is 31.3 Å². The quantitative estimate of drug-likeness (QED) is 0.286. The lowest BCUT2D eigenvalue weighted by Crippen LogP contribution is -2.36. The van der Waals surface area contributed by atoms with Crippen LogP contribution < -0.4 is 16.4 Å². The second-order valence-electron chi connectivity index (χ2n) is 9.60. The van der Waals surface area contributed by atoms with Crippen LogP contribution in [0.25, 0.3) is 22.3 Å². The number of aromatic amines is 1. The average molecular weight is 530 g/mol. The Balaban J connectivity index is 1.30. The molecule has 0 unspecified atom stereocenters. The molecular weight excluding hydrogens is 501 g/mol. The summed E-state index contributed by atoms with van der Waals surface area (Å²) in [5.41, 5.74) is 8.57. The first-order valence-corrected chi connectivity index (χ1v) is 12.7. The minimum atomic E-state index is -0.863. The molecule has 1 aromatic carbocycles. The highest BCUT2D eigenvalue weighted by atomic mass is 19.1. The van der Waals surface area contributed by atoms with Crippen molar-refractivity contribution in [2.24, 2.45) is 5.73 Å². The smallest absolute Gasteiger partial charge is 0.257 e. The second-order valence-corrected chi connectivity index (χ2v) is 9.60. The number of aryl methyl sites for hydroxylation is 1. The zero-order chi connectivity index (χ0) is 27.5. The number of nitrogens with zero attached hydrogens (tertiary/aromatic N) is 3. The van der Waals surface area contributed by atoms with E-state index in [2.05, 4.69) is 30.5 Å². The summed E-state index contributed by atoms with van der Waals surface area (Å²) >= 11 is 0. The van der Waals surface area contributed by atoms with Crippen LogP contribution in [0.2, 0.25) is 0 Å². The number of anilines is 2. The van der Waals surface area contributed by atoms with Crippen molar-refractivity contribution in [2.45, 2.75) is 26.2 Å². The summed E-state index contributed by atoms with van der Waals surface area (Å²) < 4.78 is 13.9. The average Bonchev–Trinajstić information content (AvgIpc) is 3.34. The molecule has 0 atom stereocenters. The Hall–Kier alpha value is -4.64. The SMILES string of the molecule is Cc1ncc(NC(=O)CN2CCCCC2)cc1NC(=O)c1cnc2[nH]c(-c3ccc(F)c(C(N)=O)c3)cc2c1. The number of fused-ring (bicyclic) bond motifs is 1. The molecule has 0 saturated carbocycles. The summed E-state index contributed by atoms with van der Waals surface area (Å²) in [7, 11) is 0. The third-order valence-corrected chi connectivity index (χ3v) is 6.71. The Labute approximate surface area is 223 Å². The van der Waals surface area contributed by atoms with Gasteiger partial charge in [0.1, 0.15) is 11.5 Å². The number of hydrogen-bond donors (Lipinski definition) is 4. The van der Waals surface area contributed by atoms with Gasteiger partial charge in [-0.15, -0.1) is 0 Å². The fourth-order valence-electron chi connectivity index (χ4n) is 4.62. The number of carbonyl (C=O) groups is 3. The standard InChI is InChI=1S/C28H28FN7O3/c1-16-23(12-20(14-31-16)33-25(37)15-36-7-3-2-4-8-36)35-28(39)19-9-18-11-24(34-27(18)32-13-19)17-5-6-22(29)21(10-17)26(30)38/h5-6,9-14H,2-4,7-8,15H2,1H3,(H2,30,38)(H,32,34)(H,33,37)(H,35,39). The van der Waals surface area contributed by atoms with Crippen molar-refractivity contribution in [1.29, 1.82) is 0 Å². The summed E-state index contributed by atoms with van der Waals surface area (Å²) in [5, 5.41) is 6.36. The Kier molecular flexibility index (Phi) is 7.33. The lowest BCUT2D eigenvalue weighted by Gasteiger charge is -2.25. The number of piperidine rings is 1. The molecule has 5 rings (SSSR count). The number of primary amides is 1. The van der Waals surface area contributed by atoms with E-state index in [0.29, 0.717) is 51.5 Å². The Bertz CT molecular complexity index is 1580. The van der Waals surface area contributed by atoms with Crippen LogP contribution in [0.15, 0.2) is 48.8 Å². The van der Waals surface area contributed by atoms with Gasteiger partial charge in [0.2, 0.25) is 5.91 Å². The van der Waals surface area contributed by atoms with Gasteiger partial charge in [0.05, 0.1) is 40.9 Å². The molecule has 1 fully saturated rings. The third-order valence-electron chi connectivity index (χ3n) is 6.71. The van der Waals surface area contributed by atoms with Crippen molar-refractivity contribution < 1.29 is 18.8 Å². The van der Waals surface area contributed by atoms with E-state index in [0.717, 1.165) is 25.9 Å². The van der Waals surface area contributed by atoms with E-state index < -0.39 is 17.6 Å². The molecule has 4 aromatic rings. The van der Waals surface area contributed by atoms with Gasteiger partial charge in [0.15, 0.2) is 0 Å². The van der Waals surface area contributed by atoms with Crippen molar-refractivity contribution in [2.75, 3.05) is 30.3 Å². The topological polar surface area (TPSA) is 146 Å². The largest absolute Gasteiger partial charge is 0.366 e. The lowest BCUT2D eigenvalue weighted by molar-refractivity contribution is -0.117. The molecule has 0 aliphatic carbocycles. The minimum Gasteiger partial charge on any atom is -0.366 e. The van der Waals surface area contributed by atoms with Crippen LogP contribution in [0.1, 0.15) is 45.7 Å². The number of benzene rings is 1. The molecule has 1 aliphatic heterocycles. The molecule has 1 saturated heterocycles. The first kappa shape index (κ1) is 26.0. The summed E-state index contributed by atoms with van der Waals surface area (Å²) in [6.07, 6.45) is 6.39. The highest BCUT2D eigenvalue weighted by Crippen LogP contribution is 2.26. The lowest BCUT2D eigenvalue weighted by atomic mass is 10.1. The molecule has 11 heteroatoms. The number of likely N-dealkylation sites (tertiary alicyclic amines) is 1. The number of halogens is 1. The number of amides is 3. The van der Waals surface area contributed by atoms with E-state index in [9.17, 15) is 18.8 Å². The van der Waals surface area contributed by atoms with Crippen LogP contribution in [0.3, 0.4) is 0 Å². The van der Waals surface area contributed by atoms with E-state index in [-0.39, 0.29) is 11.5 Å². The highest BCUT2D eigenvalue weighted by molar-refractivity contribution is 6.06. The van der Waals surface area contributed by atoms with Crippen LogP contribution in [0.5, 0.6) is 0 Å². The Morgan fingerprint density at radius 2 is 1.82 bits per heavy atom. The van der Waals surface area contributed by atoms with E-state index in [4.69, 9.17) is 5.73 Å². The number of aromatic nitrogens is 3. The van der Waals surface area contributed by atoms with Gasteiger partial charge in [-0.1, -0.05) is 6.42 Å². The number of pyridine rings is 2. The summed E-state index contributed by atoms with van der Waals surface area (Å²) in [4.78, 5) is 51.0. The van der Waals surface area contributed by atoms with Crippen molar-refractivity contribution in [3.05, 3.63) is 71.4 Å². The number of H-pyrrole nitrogens is 1. The molecular formula is C28H28FN7O3.